The number of likely N-dealkylation sites (N-methyl/N-ethyl adjacent to an activating group) is 1. The van der Waals surface area contributed by atoms with Crippen molar-refractivity contribution in [1.82, 2.24) is 0 Å². The molecular weight excluding hydrogens is 306 g/mol. The molecule has 0 aliphatic carbocycles. The third kappa shape index (κ3) is 15.5. The van der Waals surface area contributed by atoms with Crippen LogP contribution in [0.15, 0.2) is 12.2 Å². The molecule has 0 spiro atoms. The maximum atomic E-state index is 11.8. The molecule has 0 aromatic rings. The molecule has 0 unspecified atom stereocenters. The molecule has 0 aliphatic rings. The van der Waals surface area contributed by atoms with Crippen molar-refractivity contribution >= 4 is 11.9 Å². The molecule has 0 aliphatic heterocycles. The molecule has 0 heterocycles. The minimum atomic E-state index is -0.951. The highest BCUT2D eigenvalue weighted by molar-refractivity contribution is 5.82. The van der Waals surface area contributed by atoms with Crippen molar-refractivity contribution in [2.75, 3.05) is 27.7 Å². The van der Waals surface area contributed by atoms with Gasteiger partial charge in [-0.15, -0.1) is 0 Å². The smallest absolute Gasteiger partial charge is 0.330 e. The van der Waals surface area contributed by atoms with Crippen molar-refractivity contribution in [3.63, 3.8) is 0 Å². The summed E-state index contributed by atoms with van der Waals surface area (Å²) in [6, 6.07) is 0. The Balaban J connectivity index is 3.99. The Kier molecular flexibility index (Phi) is 12.3. The van der Waals surface area contributed by atoms with Gasteiger partial charge in [0.05, 0.1) is 27.6 Å². The fourth-order valence-corrected chi connectivity index (χ4v) is 2.55. The summed E-state index contributed by atoms with van der Waals surface area (Å²) in [5, 5.41) is 8.93. The van der Waals surface area contributed by atoms with Crippen LogP contribution in [0.25, 0.3) is 0 Å². The van der Waals surface area contributed by atoms with E-state index >= 15 is 0 Å². The van der Waals surface area contributed by atoms with Gasteiger partial charge in [-0.3, -0.25) is 4.79 Å². The van der Waals surface area contributed by atoms with Crippen LogP contribution >= 0.6 is 0 Å². The molecule has 1 atom stereocenters. The van der Waals surface area contributed by atoms with Crippen molar-refractivity contribution in [3.8, 4) is 0 Å². The number of nitrogens with zero attached hydrogens (tertiary/aromatic N) is 1. The van der Waals surface area contributed by atoms with Crippen molar-refractivity contribution in [1.29, 1.82) is 0 Å². The van der Waals surface area contributed by atoms with E-state index in [0.717, 1.165) is 12.8 Å². The van der Waals surface area contributed by atoms with Crippen LogP contribution in [0.1, 0.15) is 64.7 Å². The highest BCUT2D eigenvalue weighted by Crippen LogP contribution is 2.09. The second kappa shape index (κ2) is 13.0. The maximum Gasteiger partial charge on any atom is 0.330 e. The lowest BCUT2D eigenvalue weighted by Crippen LogP contribution is -2.43. The summed E-state index contributed by atoms with van der Waals surface area (Å²) in [5.74, 6) is -1.40. The molecule has 0 aromatic heterocycles. The van der Waals surface area contributed by atoms with Gasteiger partial charge in [0.15, 0.2) is 6.10 Å². The molecule has 0 radical (unpaired) electrons. The van der Waals surface area contributed by atoms with Crippen LogP contribution in [-0.4, -0.2) is 55.3 Å². The van der Waals surface area contributed by atoms with Gasteiger partial charge in [0.1, 0.15) is 6.54 Å². The van der Waals surface area contributed by atoms with Crippen molar-refractivity contribution < 1.29 is 23.9 Å². The Morgan fingerprint density at radius 2 is 1.62 bits per heavy atom. The van der Waals surface area contributed by atoms with Gasteiger partial charge in [-0.25, -0.2) is 4.79 Å². The van der Waals surface area contributed by atoms with Gasteiger partial charge in [0.25, 0.3) is 0 Å². The van der Waals surface area contributed by atoms with Gasteiger partial charge in [-0.1, -0.05) is 51.5 Å². The number of quaternary nitrogens is 1. The first-order chi connectivity index (χ1) is 11.2. The molecule has 0 amide bonds. The molecule has 0 saturated carbocycles. The Morgan fingerprint density at radius 3 is 2.17 bits per heavy atom. The van der Waals surface area contributed by atoms with Crippen molar-refractivity contribution in [2.24, 2.45) is 0 Å². The number of unbranched alkanes of at least 4 members (excludes halogenated alkanes) is 7. The molecular formula is C19H36NO4+. The van der Waals surface area contributed by atoms with Crippen LogP contribution in [0, 0.1) is 0 Å². The van der Waals surface area contributed by atoms with Crippen LogP contribution < -0.4 is 0 Å². The van der Waals surface area contributed by atoms with E-state index < -0.39 is 18.0 Å². The average molecular weight is 343 g/mol. The van der Waals surface area contributed by atoms with Crippen LogP contribution in [0.4, 0.5) is 0 Å². The van der Waals surface area contributed by atoms with Gasteiger partial charge < -0.3 is 14.3 Å². The minimum absolute atomic E-state index is 0.160. The highest BCUT2D eigenvalue weighted by atomic mass is 16.5. The van der Waals surface area contributed by atoms with E-state index in [-0.39, 0.29) is 6.42 Å². The molecule has 5 heteroatoms. The number of allylic oxidation sites excluding steroid dienone is 1. The number of carboxylic acids is 1. The van der Waals surface area contributed by atoms with Gasteiger partial charge in [0, 0.05) is 6.08 Å². The zero-order chi connectivity index (χ0) is 18.4. The molecule has 140 valence electrons. The van der Waals surface area contributed by atoms with Crippen LogP contribution in [0.5, 0.6) is 0 Å². The largest absolute Gasteiger partial charge is 0.481 e. The summed E-state index contributed by atoms with van der Waals surface area (Å²) in [5.41, 5.74) is 0. The van der Waals surface area contributed by atoms with Crippen molar-refractivity contribution in [2.45, 2.75) is 70.8 Å². The molecule has 0 aromatic carbocycles. The van der Waals surface area contributed by atoms with Gasteiger partial charge in [-0.05, 0) is 12.8 Å². The molecule has 5 nitrogen and oxygen atoms in total. The summed E-state index contributed by atoms with van der Waals surface area (Å²) in [4.78, 5) is 22.7. The van der Waals surface area contributed by atoms with Gasteiger partial charge in [0.2, 0.25) is 0 Å². The predicted molar refractivity (Wildman–Crippen MR) is 96.8 cm³/mol. The number of ether oxygens (including phenoxy) is 1. The third-order valence-corrected chi connectivity index (χ3v) is 3.66. The summed E-state index contributed by atoms with van der Waals surface area (Å²) < 4.78 is 5.84. The number of hydrogen-bond acceptors (Lipinski definition) is 3. The fraction of sp³-hybridized carbons (Fsp3) is 0.789. The zero-order valence-corrected chi connectivity index (χ0v) is 15.9. The second-order valence-corrected chi connectivity index (χ2v) is 7.44. The maximum absolute atomic E-state index is 11.8. The summed E-state index contributed by atoms with van der Waals surface area (Å²) in [6.07, 6.45) is 12.1. The first-order valence-electron chi connectivity index (χ1n) is 9.14. The van der Waals surface area contributed by atoms with Gasteiger partial charge >= 0.3 is 11.9 Å². The number of carbonyl (C=O) groups is 2. The van der Waals surface area contributed by atoms with Crippen LogP contribution in [0.2, 0.25) is 0 Å². The van der Waals surface area contributed by atoms with Crippen molar-refractivity contribution in [3.05, 3.63) is 12.2 Å². The normalized spacial score (nSPS) is 13.2. The van der Waals surface area contributed by atoms with E-state index in [0.29, 0.717) is 11.0 Å². The summed E-state index contributed by atoms with van der Waals surface area (Å²) in [6.45, 7) is 2.69. The summed E-state index contributed by atoms with van der Waals surface area (Å²) in [7, 11) is 5.83. The molecule has 0 bridgehead atoms. The van der Waals surface area contributed by atoms with E-state index in [1.54, 1.807) is 0 Å². The van der Waals surface area contributed by atoms with E-state index in [4.69, 9.17) is 9.84 Å². The summed E-state index contributed by atoms with van der Waals surface area (Å²) >= 11 is 0. The standard InChI is InChI=1S/C19H35NO4/c1-5-6-7-8-9-10-11-12-13-14-19(23)24-17(15-18(21)22)16-20(2,3)4/h13-14,17H,5-12,15-16H2,1-4H3/p+1/t17-/m1/s1. The highest BCUT2D eigenvalue weighted by Gasteiger charge is 2.23. The second-order valence-electron chi connectivity index (χ2n) is 7.44. The monoisotopic (exact) mass is 342 g/mol. The molecule has 0 saturated heterocycles. The lowest BCUT2D eigenvalue weighted by Gasteiger charge is -2.28. The molecule has 24 heavy (non-hydrogen) atoms. The number of rotatable bonds is 14. The van der Waals surface area contributed by atoms with Crippen LogP contribution in [-0.2, 0) is 14.3 Å². The minimum Gasteiger partial charge on any atom is -0.481 e. The number of esters is 1. The van der Waals surface area contributed by atoms with E-state index in [9.17, 15) is 9.59 Å². The lowest BCUT2D eigenvalue weighted by atomic mass is 10.1. The SMILES string of the molecule is CCCCCCCCCC=CC(=O)O[C@H](CC(=O)O)C[N+](C)(C)C. The number of aliphatic carboxylic acids is 1. The average Bonchev–Trinajstić information content (AvgIpc) is 2.42. The van der Waals surface area contributed by atoms with E-state index in [1.165, 1.54) is 44.6 Å². The number of hydrogen-bond donors (Lipinski definition) is 1. The van der Waals surface area contributed by atoms with Gasteiger partial charge in [-0.2, -0.15) is 0 Å². The fourth-order valence-electron chi connectivity index (χ4n) is 2.55. The predicted octanol–water partition coefficient (Wildman–Crippen LogP) is 3.78. The molecule has 0 fully saturated rings. The first kappa shape index (κ1) is 22.6. The Hall–Kier alpha value is -1.36. The molecule has 1 N–H and O–H groups in total. The van der Waals surface area contributed by atoms with Crippen LogP contribution in [0.3, 0.4) is 0 Å². The first-order valence-corrected chi connectivity index (χ1v) is 9.14. The number of carboxylic acid groups (broad SMARTS) is 1. The lowest BCUT2D eigenvalue weighted by molar-refractivity contribution is -0.873. The third-order valence-electron chi connectivity index (χ3n) is 3.66. The number of carbonyl (C=O) groups excluding carboxylic acids is 1. The van der Waals surface area contributed by atoms with E-state index in [1.807, 2.05) is 27.2 Å². The molecule has 0 rings (SSSR count). The zero-order valence-electron chi connectivity index (χ0n) is 15.9. The Bertz CT molecular complexity index is 385. The topological polar surface area (TPSA) is 63.6 Å². The van der Waals surface area contributed by atoms with E-state index in [2.05, 4.69) is 6.92 Å². The Morgan fingerprint density at radius 1 is 1.04 bits per heavy atom. The quantitative estimate of drug-likeness (QED) is 0.226. The Labute approximate surface area is 147 Å².